The van der Waals surface area contributed by atoms with Crippen LogP contribution in [0, 0.1) is 20.2 Å². The van der Waals surface area contributed by atoms with Gasteiger partial charge < -0.3 is 20.2 Å². The quantitative estimate of drug-likeness (QED) is 0.421. The molecule has 0 aliphatic heterocycles. The number of aromatic nitrogens is 10. The van der Waals surface area contributed by atoms with Gasteiger partial charge in [0, 0.05) is 0 Å². The molecule has 0 bridgehead atoms. The van der Waals surface area contributed by atoms with Gasteiger partial charge in [-0.2, -0.15) is 10.4 Å². The smallest absolute Gasteiger partial charge is 0.358 e. The number of H-pyrrole nitrogens is 2. The molecule has 0 spiro atoms. The summed E-state index contributed by atoms with van der Waals surface area (Å²) in [7, 11) is 0. The lowest BCUT2D eigenvalue weighted by atomic mass is 10.3. The Bertz CT molecular complexity index is 769. The summed E-state index contributed by atoms with van der Waals surface area (Å²) in [5, 5.41) is 46.7. The molecule has 0 aliphatic rings. The Morgan fingerprint density at radius 2 is 1.18 bits per heavy atom. The van der Waals surface area contributed by atoms with Crippen LogP contribution in [0.4, 0.5) is 11.6 Å². The number of nitrogens with one attached hydrogen (secondary N) is 2. The Hall–Kier alpha value is -3.98. The van der Waals surface area contributed by atoms with E-state index in [4.69, 9.17) is 0 Å². The molecule has 0 saturated carbocycles. The Kier molecular flexibility index (Phi) is 2.87. The Labute approximate surface area is 117 Å². The largest absolute Gasteiger partial charge is 0.420 e. The standard InChI is InChI=1S/C6H2N12O4/c19-17(20)5-1(3-9-13-14-10-3)7-6(18(21)22)2(8-5)4-11-15-16-12-4/h(H,9,10,13,14)(H,11,12,15,16). The van der Waals surface area contributed by atoms with E-state index in [2.05, 4.69) is 51.2 Å². The first-order valence-electron chi connectivity index (χ1n) is 5.26. The minimum atomic E-state index is -0.897. The monoisotopic (exact) mass is 306 g/mol. The molecule has 16 heteroatoms. The van der Waals surface area contributed by atoms with E-state index in [1.807, 2.05) is 0 Å². The molecule has 0 saturated heterocycles. The van der Waals surface area contributed by atoms with Crippen LogP contribution < -0.4 is 0 Å². The molecular formula is C6H2N12O4. The molecule has 3 heterocycles. The first-order chi connectivity index (χ1) is 10.6. The highest BCUT2D eigenvalue weighted by atomic mass is 16.6. The normalized spacial score (nSPS) is 10.5. The number of rotatable bonds is 4. The third-order valence-electron chi connectivity index (χ3n) is 2.32. The van der Waals surface area contributed by atoms with Gasteiger partial charge in [0.1, 0.15) is 0 Å². The molecule has 16 nitrogen and oxygen atoms in total. The summed E-state index contributed by atoms with van der Waals surface area (Å²) in [6.45, 7) is 0. The lowest BCUT2D eigenvalue weighted by Crippen LogP contribution is -2.06. The molecule has 3 aromatic heterocycles. The van der Waals surface area contributed by atoms with Gasteiger partial charge in [0.2, 0.25) is 0 Å². The second kappa shape index (κ2) is 4.85. The van der Waals surface area contributed by atoms with Crippen molar-refractivity contribution in [2.75, 3.05) is 0 Å². The highest BCUT2D eigenvalue weighted by Gasteiger charge is 2.37. The average molecular weight is 306 g/mol. The average Bonchev–Trinajstić information content (AvgIpc) is 3.19. The summed E-state index contributed by atoms with van der Waals surface area (Å²) >= 11 is 0. The third-order valence-corrected chi connectivity index (χ3v) is 2.32. The Morgan fingerprint density at radius 1 is 0.773 bits per heavy atom. The fourth-order valence-corrected chi connectivity index (χ4v) is 1.50. The van der Waals surface area contributed by atoms with E-state index in [0.717, 1.165) is 0 Å². The number of tetrazole rings is 2. The molecule has 0 radical (unpaired) electrons. The second-order valence-corrected chi connectivity index (χ2v) is 3.55. The molecule has 2 N–H and O–H groups in total. The van der Waals surface area contributed by atoms with Crippen molar-refractivity contribution in [1.29, 1.82) is 0 Å². The van der Waals surface area contributed by atoms with E-state index in [9.17, 15) is 20.2 Å². The van der Waals surface area contributed by atoms with Crippen molar-refractivity contribution in [2.24, 2.45) is 0 Å². The van der Waals surface area contributed by atoms with Gasteiger partial charge in [-0.1, -0.05) is 0 Å². The maximum Gasteiger partial charge on any atom is 0.420 e. The van der Waals surface area contributed by atoms with E-state index in [1.54, 1.807) is 0 Å². The SMILES string of the molecule is O=[N+]([O-])c1nc(-c2nn[nH]n2)c([N+](=O)[O-])nc1-c1nn[nH]n1. The van der Waals surface area contributed by atoms with E-state index >= 15 is 0 Å². The highest BCUT2D eigenvalue weighted by Crippen LogP contribution is 2.31. The Balaban J connectivity index is 2.31. The first kappa shape index (κ1) is 13.0. The zero-order valence-electron chi connectivity index (χ0n) is 10.1. The van der Waals surface area contributed by atoms with Crippen LogP contribution in [-0.4, -0.2) is 61.1 Å². The lowest BCUT2D eigenvalue weighted by molar-refractivity contribution is -0.394. The maximum atomic E-state index is 11.1. The van der Waals surface area contributed by atoms with Crippen LogP contribution in [0.15, 0.2) is 0 Å². The molecule has 3 rings (SSSR count). The molecule has 0 atom stereocenters. The van der Waals surface area contributed by atoms with E-state index in [1.165, 1.54) is 0 Å². The van der Waals surface area contributed by atoms with Gasteiger partial charge in [-0.25, -0.2) is 0 Å². The van der Waals surface area contributed by atoms with Gasteiger partial charge in [-0.05, 0) is 30.2 Å². The fourth-order valence-electron chi connectivity index (χ4n) is 1.50. The number of nitrogens with zero attached hydrogens (tertiary/aromatic N) is 10. The van der Waals surface area contributed by atoms with Crippen molar-refractivity contribution in [3.8, 4) is 23.0 Å². The number of nitro groups is 2. The van der Waals surface area contributed by atoms with Gasteiger partial charge in [0.25, 0.3) is 11.6 Å². The van der Waals surface area contributed by atoms with Crippen molar-refractivity contribution >= 4 is 11.6 Å². The third kappa shape index (κ3) is 2.05. The van der Waals surface area contributed by atoms with E-state index in [0.29, 0.717) is 0 Å². The summed E-state index contributed by atoms with van der Waals surface area (Å²) in [5.41, 5.74) is -1.03. The Morgan fingerprint density at radius 3 is 1.45 bits per heavy atom. The number of aromatic amines is 2. The van der Waals surface area contributed by atoms with Crippen LogP contribution in [-0.2, 0) is 0 Å². The van der Waals surface area contributed by atoms with Crippen molar-refractivity contribution in [2.45, 2.75) is 0 Å². The predicted octanol–water partition coefficient (Wildman–Crippen LogP) is -1.35. The van der Waals surface area contributed by atoms with Gasteiger partial charge in [-0.3, -0.25) is 0 Å². The molecule has 3 aromatic rings. The summed E-state index contributed by atoms with van der Waals surface area (Å²) in [6, 6.07) is 0. The summed E-state index contributed by atoms with van der Waals surface area (Å²) in [5.74, 6) is -2.26. The zero-order valence-corrected chi connectivity index (χ0v) is 10.1. The minimum Gasteiger partial charge on any atom is -0.358 e. The number of hydrogen-bond acceptors (Lipinski definition) is 12. The van der Waals surface area contributed by atoms with Crippen LogP contribution in [0.2, 0.25) is 0 Å². The molecule has 110 valence electrons. The van der Waals surface area contributed by atoms with Crippen LogP contribution in [0.1, 0.15) is 0 Å². The van der Waals surface area contributed by atoms with Crippen molar-refractivity contribution in [1.82, 2.24) is 51.2 Å². The summed E-state index contributed by atoms with van der Waals surface area (Å²) in [4.78, 5) is 27.6. The van der Waals surface area contributed by atoms with Crippen LogP contribution in [0.3, 0.4) is 0 Å². The molecule has 0 aromatic carbocycles. The molecule has 0 fully saturated rings. The van der Waals surface area contributed by atoms with Gasteiger partial charge in [-0.15, -0.1) is 20.4 Å². The van der Waals surface area contributed by atoms with Gasteiger partial charge in [0.15, 0.2) is 0 Å². The second-order valence-electron chi connectivity index (χ2n) is 3.55. The van der Waals surface area contributed by atoms with Crippen molar-refractivity contribution < 1.29 is 9.85 Å². The lowest BCUT2D eigenvalue weighted by Gasteiger charge is -1.97. The molecule has 0 aliphatic carbocycles. The van der Waals surface area contributed by atoms with Crippen LogP contribution >= 0.6 is 0 Å². The van der Waals surface area contributed by atoms with Gasteiger partial charge >= 0.3 is 23.0 Å². The fraction of sp³-hybridized carbons (Fsp3) is 0. The van der Waals surface area contributed by atoms with Crippen LogP contribution in [0.5, 0.6) is 0 Å². The summed E-state index contributed by atoms with van der Waals surface area (Å²) in [6.07, 6.45) is 0. The first-order valence-corrected chi connectivity index (χ1v) is 5.26. The number of hydrogen-bond donors (Lipinski definition) is 2. The van der Waals surface area contributed by atoms with Gasteiger partial charge in [0.05, 0.1) is 0 Å². The maximum absolute atomic E-state index is 11.1. The summed E-state index contributed by atoms with van der Waals surface area (Å²) < 4.78 is 0. The topological polar surface area (TPSA) is 221 Å². The van der Waals surface area contributed by atoms with Crippen LogP contribution in [0.25, 0.3) is 23.0 Å². The highest BCUT2D eigenvalue weighted by molar-refractivity contribution is 5.68. The van der Waals surface area contributed by atoms with Crippen molar-refractivity contribution in [3.63, 3.8) is 0 Å². The van der Waals surface area contributed by atoms with E-state index in [-0.39, 0.29) is 11.6 Å². The molecule has 22 heavy (non-hydrogen) atoms. The minimum absolute atomic E-state index is 0.318. The van der Waals surface area contributed by atoms with Crippen molar-refractivity contribution in [3.05, 3.63) is 20.2 Å². The van der Waals surface area contributed by atoms with E-state index < -0.39 is 32.9 Å². The molecular weight excluding hydrogens is 304 g/mol. The zero-order chi connectivity index (χ0) is 15.7. The molecule has 0 amide bonds. The predicted molar refractivity (Wildman–Crippen MR) is 61.7 cm³/mol. The molecule has 0 unspecified atom stereocenters.